The Labute approximate surface area is 82.6 Å². The van der Waals surface area contributed by atoms with Gasteiger partial charge in [0.2, 0.25) is 0 Å². The lowest BCUT2D eigenvalue weighted by Crippen LogP contribution is -2.02. The van der Waals surface area contributed by atoms with E-state index in [1.54, 1.807) is 0 Å². The zero-order valence-electron chi connectivity index (χ0n) is 6.58. The normalized spacial score (nSPS) is 9.62. The summed E-state index contributed by atoms with van der Waals surface area (Å²) in [4.78, 5) is 14.0. The zero-order valence-corrected chi connectivity index (χ0v) is 8.17. The Morgan fingerprint density at radius 1 is 1.85 bits per heavy atom. The number of nitrogens with one attached hydrogen (secondary N) is 1. The van der Waals surface area contributed by atoms with Crippen molar-refractivity contribution in [1.29, 1.82) is 0 Å². The molecule has 0 aromatic carbocycles. The fourth-order valence-corrected chi connectivity index (χ4v) is 0.765. The summed E-state index contributed by atoms with van der Waals surface area (Å²) in [7, 11) is 0. The molecule has 0 spiro atoms. The number of oxazole rings is 1. The molecule has 0 bridgehead atoms. The molecule has 6 heteroatoms. The molecule has 0 amide bonds. The minimum Gasteiger partial charge on any atom is -0.476 e. The molecular weight excluding hydrogens is 240 g/mol. The van der Waals surface area contributed by atoms with Crippen LogP contribution in [0.25, 0.3) is 0 Å². The lowest BCUT2D eigenvalue weighted by atomic mass is 10.5. The maximum atomic E-state index is 10.4. The van der Waals surface area contributed by atoms with Gasteiger partial charge in [-0.3, -0.25) is 0 Å². The number of anilines is 1. The van der Waals surface area contributed by atoms with Gasteiger partial charge in [-0.05, 0) is 0 Å². The van der Waals surface area contributed by atoms with Crippen LogP contribution in [0.1, 0.15) is 10.5 Å². The van der Waals surface area contributed by atoms with Crippen LogP contribution in [0.5, 0.6) is 0 Å². The first-order chi connectivity index (χ1) is 6.09. The number of carboxylic acids is 1. The van der Waals surface area contributed by atoms with Crippen LogP contribution in [-0.4, -0.2) is 22.6 Å². The Morgan fingerprint density at radius 2 is 2.54 bits per heavy atom. The number of nitrogens with zero attached hydrogens (tertiary/aromatic N) is 1. The first-order valence-electron chi connectivity index (χ1n) is 3.35. The molecule has 0 aliphatic rings. The number of hydrogen-bond donors (Lipinski definition) is 2. The Kier molecular flexibility index (Phi) is 3.07. The highest BCUT2D eigenvalue weighted by atomic mass is 79.9. The molecule has 0 unspecified atom stereocenters. The topological polar surface area (TPSA) is 75.4 Å². The second-order valence-electron chi connectivity index (χ2n) is 2.21. The van der Waals surface area contributed by atoms with Crippen LogP contribution in [-0.2, 0) is 0 Å². The maximum Gasteiger partial charge on any atom is 0.357 e. The molecule has 0 fully saturated rings. The first kappa shape index (κ1) is 9.79. The standard InChI is InChI=1S/C7H7BrN2O3/c1-4(8)2-9-7-10-5(3-13-7)6(11)12/h3H,1-2H2,(H,9,10)(H,11,12). The first-order valence-corrected chi connectivity index (χ1v) is 4.15. The largest absolute Gasteiger partial charge is 0.476 e. The third kappa shape index (κ3) is 2.90. The third-order valence-electron chi connectivity index (χ3n) is 1.15. The summed E-state index contributed by atoms with van der Waals surface area (Å²) >= 11 is 3.12. The fourth-order valence-electron chi connectivity index (χ4n) is 0.625. The average molecular weight is 247 g/mol. The van der Waals surface area contributed by atoms with Crippen molar-refractivity contribution in [2.24, 2.45) is 0 Å². The van der Waals surface area contributed by atoms with E-state index in [0.29, 0.717) is 6.54 Å². The Balaban J connectivity index is 2.59. The van der Waals surface area contributed by atoms with Crippen LogP contribution in [0.3, 0.4) is 0 Å². The van der Waals surface area contributed by atoms with Gasteiger partial charge in [0.25, 0.3) is 6.01 Å². The molecule has 0 aliphatic heterocycles. The van der Waals surface area contributed by atoms with Crippen LogP contribution in [0.15, 0.2) is 21.7 Å². The molecule has 1 aromatic rings. The Morgan fingerprint density at radius 3 is 3.00 bits per heavy atom. The summed E-state index contributed by atoms with van der Waals surface area (Å²) in [6.07, 6.45) is 1.07. The summed E-state index contributed by atoms with van der Waals surface area (Å²) < 4.78 is 5.54. The van der Waals surface area contributed by atoms with E-state index >= 15 is 0 Å². The monoisotopic (exact) mass is 246 g/mol. The SMILES string of the molecule is C=C(Br)CNc1nc(C(=O)O)co1. The highest BCUT2D eigenvalue weighted by Gasteiger charge is 2.09. The molecule has 1 aromatic heterocycles. The van der Waals surface area contributed by atoms with Gasteiger partial charge in [0, 0.05) is 4.48 Å². The minimum absolute atomic E-state index is 0.123. The van der Waals surface area contributed by atoms with Crippen LogP contribution >= 0.6 is 15.9 Å². The van der Waals surface area contributed by atoms with Crippen LogP contribution in [0.4, 0.5) is 6.01 Å². The highest BCUT2D eigenvalue weighted by Crippen LogP contribution is 2.09. The molecule has 0 radical (unpaired) electrons. The summed E-state index contributed by atoms with van der Waals surface area (Å²) in [5, 5.41) is 11.2. The van der Waals surface area contributed by atoms with Crippen LogP contribution in [0, 0.1) is 0 Å². The van der Waals surface area contributed by atoms with E-state index in [9.17, 15) is 4.79 Å². The second-order valence-corrected chi connectivity index (χ2v) is 3.34. The fraction of sp³-hybridized carbons (Fsp3) is 0.143. The van der Waals surface area contributed by atoms with Gasteiger partial charge in [0.05, 0.1) is 6.54 Å². The number of carboxylic acid groups (broad SMARTS) is 1. The van der Waals surface area contributed by atoms with Gasteiger partial charge in [0.1, 0.15) is 6.26 Å². The third-order valence-corrected chi connectivity index (χ3v) is 1.44. The van der Waals surface area contributed by atoms with Gasteiger partial charge in [0.15, 0.2) is 5.69 Å². The van der Waals surface area contributed by atoms with Gasteiger partial charge < -0.3 is 14.8 Å². The molecular formula is C7H7BrN2O3. The number of aromatic carboxylic acids is 1. The number of aromatic nitrogens is 1. The molecule has 0 saturated heterocycles. The molecule has 1 rings (SSSR count). The van der Waals surface area contributed by atoms with Gasteiger partial charge in [-0.25, -0.2) is 4.79 Å². The second kappa shape index (κ2) is 4.08. The van der Waals surface area contributed by atoms with E-state index in [1.165, 1.54) is 0 Å². The molecule has 0 aliphatic carbocycles. The van der Waals surface area contributed by atoms with Crippen molar-refractivity contribution >= 4 is 27.9 Å². The van der Waals surface area contributed by atoms with E-state index in [2.05, 4.69) is 32.8 Å². The number of rotatable bonds is 4. The summed E-state index contributed by atoms with van der Waals surface area (Å²) in [6, 6.07) is 0.165. The molecule has 1 heterocycles. The van der Waals surface area contributed by atoms with Crippen molar-refractivity contribution in [1.82, 2.24) is 4.98 Å². The molecule has 5 nitrogen and oxygen atoms in total. The number of hydrogen-bond acceptors (Lipinski definition) is 4. The summed E-state index contributed by atoms with van der Waals surface area (Å²) in [5.41, 5.74) is -0.123. The van der Waals surface area contributed by atoms with E-state index < -0.39 is 5.97 Å². The van der Waals surface area contributed by atoms with Crippen molar-refractivity contribution in [2.75, 3.05) is 11.9 Å². The number of halogens is 1. The lowest BCUT2D eigenvalue weighted by molar-refractivity contribution is 0.0690. The smallest absolute Gasteiger partial charge is 0.357 e. The Bertz CT molecular complexity index is 334. The minimum atomic E-state index is -1.12. The lowest BCUT2D eigenvalue weighted by Gasteiger charge is -1.96. The van der Waals surface area contributed by atoms with Gasteiger partial charge in [-0.15, -0.1) is 0 Å². The molecule has 13 heavy (non-hydrogen) atoms. The molecule has 0 saturated carbocycles. The van der Waals surface area contributed by atoms with Crippen molar-refractivity contribution in [3.05, 3.63) is 23.0 Å². The highest BCUT2D eigenvalue weighted by molar-refractivity contribution is 9.11. The van der Waals surface area contributed by atoms with Crippen molar-refractivity contribution in [3.63, 3.8) is 0 Å². The quantitative estimate of drug-likeness (QED) is 0.846. The van der Waals surface area contributed by atoms with Crippen molar-refractivity contribution < 1.29 is 14.3 Å². The molecule has 0 atom stereocenters. The van der Waals surface area contributed by atoms with Crippen LogP contribution < -0.4 is 5.32 Å². The average Bonchev–Trinajstić information content (AvgIpc) is 2.48. The van der Waals surface area contributed by atoms with E-state index in [-0.39, 0.29) is 11.7 Å². The van der Waals surface area contributed by atoms with Crippen LogP contribution in [0.2, 0.25) is 0 Å². The number of carbonyl (C=O) groups is 1. The zero-order chi connectivity index (χ0) is 9.84. The maximum absolute atomic E-state index is 10.4. The predicted molar refractivity (Wildman–Crippen MR) is 50.0 cm³/mol. The van der Waals surface area contributed by atoms with Gasteiger partial charge in [-0.2, -0.15) is 4.98 Å². The van der Waals surface area contributed by atoms with E-state index in [0.717, 1.165) is 10.7 Å². The van der Waals surface area contributed by atoms with Gasteiger partial charge >= 0.3 is 5.97 Å². The van der Waals surface area contributed by atoms with Crippen molar-refractivity contribution in [2.45, 2.75) is 0 Å². The molecule has 70 valence electrons. The Hall–Kier alpha value is -1.30. The van der Waals surface area contributed by atoms with Gasteiger partial charge in [-0.1, -0.05) is 22.5 Å². The van der Waals surface area contributed by atoms with E-state index in [4.69, 9.17) is 9.52 Å². The van der Waals surface area contributed by atoms with Crippen molar-refractivity contribution in [3.8, 4) is 0 Å². The predicted octanol–water partition coefficient (Wildman–Crippen LogP) is 1.69. The summed E-state index contributed by atoms with van der Waals surface area (Å²) in [6.45, 7) is 4.01. The van der Waals surface area contributed by atoms with E-state index in [1.807, 2.05) is 0 Å². The molecule has 2 N–H and O–H groups in total. The summed E-state index contributed by atoms with van der Waals surface area (Å²) in [5.74, 6) is -1.12.